The highest BCUT2D eigenvalue weighted by Crippen LogP contribution is 2.09. The monoisotopic (exact) mass is 194 g/mol. The van der Waals surface area contributed by atoms with Gasteiger partial charge in [-0.05, 0) is 12.8 Å². The first-order valence-electron chi connectivity index (χ1n) is 4.04. The van der Waals surface area contributed by atoms with E-state index in [9.17, 15) is 0 Å². The van der Waals surface area contributed by atoms with Gasteiger partial charge in [-0.2, -0.15) is 0 Å². The quantitative estimate of drug-likeness (QED) is 0.346. The van der Waals surface area contributed by atoms with Gasteiger partial charge in [0.2, 0.25) is 0 Å². The molecule has 0 atom stereocenters. The van der Waals surface area contributed by atoms with Gasteiger partial charge in [-0.1, -0.05) is 12.8 Å². The van der Waals surface area contributed by atoms with E-state index in [4.69, 9.17) is 26.9 Å². The first-order chi connectivity index (χ1) is 5.68. The highest BCUT2D eigenvalue weighted by atomic mass is 35.5. The summed E-state index contributed by atoms with van der Waals surface area (Å²) >= 11 is 5.45. The Morgan fingerprint density at radius 1 is 0.917 bits per heavy atom. The molecule has 0 aromatic heterocycles. The maximum atomic E-state index is 8.84. The van der Waals surface area contributed by atoms with Crippen LogP contribution in [0, 0.1) is 0 Å². The second-order valence-electron chi connectivity index (χ2n) is 2.62. The van der Waals surface area contributed by atoms with Crippen molar-refractivity contribution in [2.75, 3.05) is 5.88 Å². The van der Waals surface area contributed by atoms with Crippen molar-refractivity contribution in [2.24, 2.45) is 0 Å². The molecule has 0 bridgehead atoms. The van der Waals surface area contributed by atoms with Crippen LogP contribution in [0.2, 0.25) is 0 Å². The van der Waals surface area contributed by atoms with E-state index in [1.54, 1.807) is 0 Å². The average Bonchev–Trinajstić information content (AvgIpc) is 2.03. The molecule has 0 rings (SSSR count). The van der Waals surface area contributed by atoms with Crippen LogP contribution in [0.1, 0.15) is 32.1 Å². The second-order valence-corrected chi connectivity index (χ2v) is 3.00. The van der Waals surface area contributed by atoms with Gasteiger partial charge in [0.05, 0.1) is 0 Å². The van der Waals surface area contributed by atoms with E-state index in [2.05, 4.69) is 0 Å². The van der Waals surface area contributed by atoms with E-state index >= 15 is 0 Å². The van der Waals surface area contributed by atoms with Crippen LogP contribution < -0.4 is 0 Å². The molecule has 0 aliphatic rings. The number of unbranched alkanes of at least 4 members (excludes halogenated alkanes) is 3. The minimum absolute atomic E-state index is 0.324. The lowest BCUT2D eigenvalue weighted by Crippen LogP contribution is -1.90. The van der Waals surface area contributed by atoms with Gasteiger partial charge < -0.3 is 15.3 Å². The van der Waals surface area contributed by atoms with Crippen LogP contribution in [-0.2, 0) is 0 Å². The third kappa shape index (κ3) is 6.16. The normalized spacial score (nSPS) is 9.75. The SMILES string of the molecule is OC(O)=C(O)CCCCCCCl. The lowest BCUT2D eigenvalue weighted by molar-refractivity contribution is 0.153. The predicted octanol–water partition coefficient (Wildman–Crippen LogP) is 3.02. The largest absolute Gasteiger partial charge is 0.506 e. The van der Waals surface area contributed by atoms with E-state index in [1.807, 2.05) is 0 Å². The van der Waals surface area contributed by atoms with Crippen LogP contribution >= 0.6 is 11.6 Å². The van der Waals surface area contributed by atoms with Gasteiger partial charge in [-0.25, -0.2) is 0 Å². The molecular weight excluding hydrogens is 180 g/mol. The van der Waals surface area contributed by atoms with Crippen molar-refractivity contribution < 1.29 is 15.3 Å². The number of aliphatic hydroxyl groups is 3. The fourth-order valence-electron chi connectivity index (χ4n) is 0.852. The zero-order valence-electron chi connectivity index (χ0n) is 6.96. The summed E-state index contributed by atoms with van der Waals surface area (Å²) in [5.74, 6) is -0.638. The molecule has 0 aliphatic carbocycles. The molecular formula is C8H15ClO3. The Morgan fingerprint density at radius 3 is 2.00 bits per heavy atom. The van der Waals surface area contributed by atoms with Crippen LogP contribution in [0.5, 0.6) is 0 Å². The van der Waals surface area contributed by atoms with E-state index in [1.165, 1.54) is 0 Å². The summed E-state index contributed by atoms with van der Waals surface area (Å²) in [5.41, 5.74) is 0. The molecule has 0 fully saturated rings. The highest BCUT2D eigenvalue weighted by Gasteiger charge is 2.00. The topological polar surface area (TPSA) is 60.7 Å². The first kappa shape index (κ1) is 11.4. The third-order valence-electron chi connectivity index (χ3n) is 1.56. The number of hydrogen-bond acceptors (Lipinski definition) is 3. The van der Waals surface area contributed by atoms with Crippen LogP contribution in [0.3, 0.4) is 0 Å². The van der Waals surface area contributed by atoms with Crippen molar-refractivity contribution in [2.45, 2.75) is 32.1 Å². The van der Waals surface area contributed by atoms with Gasteiger partial charge in [-0.3, -0.25) is 0 Å². The molecule has 0 unspecified atom stereocenters. The Morgan fingerprint density at radius 2 is 1.50 bits per heavy atom. The van der Waals surface area contributed by atoms with E-state index in [0.717, 1.165) is 25.7 Å². The standard InChI is InChI=1S/C8H15ClO3/c9-6-4-2-1-3-5-7(10)8(11)12/h10-12H,1-6H2. The van der Waals surface area contributed by atoms with Crippen molar-refractivity contribution in [3.8, 4) is 0 Å². The lowest BCUT2D eigenvalue weighted by atomic mass is 10.1. The van der Waals surface area contributed by atoms with E-state index in [-0.39, 0.29) is 5.76 Å². The molecule has 0 heterocycles. The molecule has 4 heteroatoms. The molecule has 3 nitrogen and oxygen atoms in total. The molecule has 0 amide bonds. The molecule has 72 valence electrons. The van der Waals surface area contributed by atoms with Crippen molar-refractivity contribution in [3.63, 3.8) is 0 Å². The van der Waals surface area contributed by atoms with E-state index in [0.29, 0.717) is 12.3 Å². The van der Waals surface area contributed by atoms with Gasteiger partial charge in [-0.15, -0.1) is 11.6 Å². The van der Waals surface area contributed by atoms with Gasteiger partial charge in [0, 0.05) is 12.3 Å². The van der Waals surface area contributed by atoms with Gasteiger partial charge in [0.1, 0.15) is 0 Å². The van der Waals surface area contributed by atoms with Crippen LogP contribution in [0.4, 0.5) is 0 Å². The number of rotatable bonds is 6. The highest BCUT2D eigenvalue weighted by molar-refractivity contribution is 6.17. The van der Waals surface area contributed by atoms with Crippen LogP contribution in [-0.4, -0.2) is 21.2 Å². The van der Waals surface area contributed by atoms with Crippen molar-refractivity contribution >= 4 is 11.6 Å². The summed E-state index contributed by atoms with van der Waals surface area (Å²) in [7, 11) is 0. The number of hydrogen-bond donors (Lipinski definition) is 3. The number of aliphatic hydroxyl groups excluding tert-OH is 2. The molecule has 3 N–H and O–H groups in total. The van der Waals surface area contributed by atoms with E-state index < -0.39 is 5.95 Å². The Bertz CT molecular complexity index is 141. The fourth-order valence-corrected chi connectivity index (χ4v) is 1.04. The summed E-state index contributed by atoms with van der Waals surface area (Å²) in [6.07, 6.45) is 4.02. The molecule has 0 aromatic rings. The van der Waals surface area contributed by atoms with Gasteiger partial charge in [0.25, 0.3) is 0 Å². The molecule has 0 aliphatic heterocycles. The second kappa shape index (κ2) is 7.10. The van der Waals surface area contributed by atoms with Crippen LogP contribution in [0.15, 0.2) is 11.7 Å². The average molecular weight is 195 g/mol. The summed E-state index contributed by atoms with van der Waals surface area (Å²) < 4.78 is 0. The molecule has 0 spiro atoms. The lowest BCUT2D eigenvalue weighted by Gasteiger charge is -1.99. The molecule has 0 aromatic carbocycles. The van der Waals surface area contributed by atoms with Gasteiger partial charge in [0.15, 0.2) is 5.76 Å². The summed E-state index contributed by atoms with van der Waals surface area (Å²) in [6.45, 7) is 0. The summed E-state index contributed by atoms with van der Waals surface area (Å²) in [6, 6.07) is 0. The number of halogens is 1. The minimum atomic E-state index is -0.965. The third-order valence-corrected chi connectivity index (χ3v) is 1.82. The molecule has 0 saturated heterocycles. The van der Waals surface area contributed by atoms with Crippen molar-refractivity contribution in [3.05, 3.63) is 11.7 Å². The minimum Gasteiger partial charge on any atom is -0.506 e. The smallest absolute Gasteiger partial charge is 0.313 e. The zero-order chi connectivity index (χ0) is 9.40. The zero-order valence-corrected chi connectivity index (χ0v) is 7.72. The maximum Gasteiger partial charge on any atom is 0.313 e. The molecule has 0 radical (unpaired) electrons. The number of alkyl halides is 1. The Kier molecular flexibility index (Phi) is 6.76. The van der Waals surface area contributed by atoms with Crippen molar-refractivity contribution in [1.82, 2.24) is 0 Å². The number of allylic oxidation sites excluding steroid dienone is 1. The van der Waals surface area contributed by atoms with Gasteiger partial charge >= 0.3 is 5.95 Å². The molecule has 12 heavy (non-hydrogen) atoms. The fraction of sp³-hybridized carbons (Fsp3) is 0.750. The summed E-state index contributed by atoms with van der Waals surface area (Å²) in [4.78, 5) is 0. The maximum absolute atomic E-state index is 8.84. The summed E-state index contributed by atoms with van der Waals surface area (Å²) in [5, 5.41) is 25.6. The molecule has 0 saturated carbocycles. The Labute approximate surface area is 77.3 Å². The Hall–Kier alpha value is -0.570. The predicted molar refractivity (Wildman–Crippen MR) is 48.7 cm³/mol. The first-order valence-corrected chi connectivity index (χ1v) is 4.58. The van der Waals surface area contributed by atoms with Crippen LogP contribution in [0.25, 0.3) is 0 Å². The van der Waals surface area contributed by atoms with Crippen molar-refractivity contribution in [1.29, 1.82) is 0 Å². The Balaban J connectivity index is 3.26.